The number of thiazole rings is 2. The van der Waals surface area contributed by atoms with E-state index >= 15 is 0 Å². The highest BCUT2D eigenvalue weighted by molar-refractivity contribution is 7.14. The first-order valence-corrected chi connectivity index (χ1v) is 13.5. The number of amides is 4. The minimum atomic E-state index is -0.462. The van der Waals surface area contributed by atoms with Gasteiger partial charge in [-0.3, -0.25) is 19.2 Å². The molecule has 2 aromatic heterocycles. The SMILES string of the molecule is O=C1c2ccc(Oc3cccc(Oc4ccc5c(c4)C(=O)N(c4nccs4)C5=O)c3)cc2C(=O)N1c1nccs1. The van der Waals surface area contributed by atoms with Crippen molar-refractivity contribution in [1.82, 2.24) is 9.97 Å². The van der Waals surface area contributed by atoms with E-state index in [2.05, 4.69) is 9.97 Å². The molecule has 0 bridgehead atoms. The summed E-state index contributed by atoms with van der Waals surface area (Å²) in [6, 6.07) is 16.2. The summed E-state index contributed by atoms with van der Waals surface area (Å²) >= 11 is 2.40. The average molecular weight is 567 g/mol. The van der Waals surface area contributed by atoms with E-state index in [0.29, 0.717) is 33.3 Å². The average Bonchev–Trinajstić information content (AvgIpc) is 3.75. The Bertz CT molecular complexity index is 1720. The number of hydrogen-bond donors (Lipinski definition) is 0. The van der Waals surface area contributed by atoms with Crippen LogP contribution < -0.4 is 19.3 Å². The van der Waals surface area contributed by atoms with Gasteiger partial charge in [0.05, 0.1) is 22.3 Å². The van der Waals surface area contributed by atoms with Gasteiger partial charge in [0.15, 0.2) is 10.3 Å². The van der Waals surface area contributed by atoms with Crippen LogP contribution in [0.25, 0.3) is 0 Å². The van der Waals surface area contributed by atoms with Crippen LogP contribution in [0.3, 0.4) is 0 Å². The fourth-order valence-electron chi connectivity index (χ4n) is 4.44. The monoisotopic (exact) mass is 566 g/mol. The standard InChI is InChI=1S/C28H14N4O6S2/c33-23-19-6-4-17(13-21(19)25(35)31(23)27-29-8-10-39-27)37-15-2-1-3-16(12-15)38-18-5-7-20-22(14-18)26(36)32(24(20)34)28-30-9-11-40-28/h1-14H. The maximum Gasteiger partial charge on any atom is 0.268 e. The Kier molecular flexibility index (Phi) is 5.51. The minimum absolute atomic E-state index is 0.231. The van der Waals surface area contributed by atoms with Gasteiger partial charge in [-0.15, -0.1) is 22.7 Å². The van der Waals surface area contributed by atoms with Gasteiger partial charge in [-0.25, -0.2) is 19.8 Å². The third-order valence-electron chi connectivity index (χ3n) is 6.21. The molecule has 0 aliphatic carbocycles. The number of nitrogens with zero attached hydrogens (tertiary/aromatic N) is 4. The lowest BCUT2D eigenvalue weighted by atomic mass is 10.1. The molecule has 3 aromatic carbocycles. The van der Waals surface area contributed by atoms with E-state index < -0.39 is 23.6 Å². The molecule has 4 amide bonds. The van der Waals surface area contributed by atoms with Crippen molar-refractivity contribution < 1.29 is 28.7 Å². The first-order valence-electron chi connectivity index (χ1n) is 11.8. The quantitative estimate of drug-likeness (QED) is 0.237. The van der Waals surface area contributed by atoms with Crippen molar-refractivity contribution in [3.05, 3.63) is 106 Å². The second-order valence-corrected chi connectivity index (χ2v) is 10.4. The molecule has 0 N–H and O–H groups in total. The largest absolute Gasteiger partial charge is 0.457 e. The van der Waals surface area contributed by atoms with Crippen molar-refractivity contribution >= 4 is 56.6 Å². The molecule has 0 fully saturated rings. The molecule has 4 heterocycles. The van der Waals surface area contributed by atoms with Crippen LogP contribution in [0.5, 0.6) is 23.0 Å². The molecule has 40 heavy (non-hydrogen) atoms. The molecule has 7 rings (SSSR count). The van der Waals surface area contributed by atoms with Gasteiger partial charge >= 0.3 is 0 Å². The lowest BCUT2D eigenvalue weighted by Crippen LogP contribution is -2.29. The van der Waals surface area contributed by atoms with Gasteiger partial charge in [0, 0.05) is 29.2 Å². The highest BCUT2D eigenvalue weighted by atomic mass is 32.1. The lowest BCUT2D eigenvalue weighted by Gasteiger charge is -2.10. The topological polar surface area (TPSA) is 119 Å². The summed E-state index contributed by atoms with van der Waals surface area (Å²) in [6.07, 6.45) is 3.06. The highest BCUT2D eigenvalue weighted by Crippen LogP contribution is 2.36. The second-order valence-electron chi connectivity index (χ2n) is 8.61. The van der Waals surface area contributed by atoms with E-state index in [1.54, 1.807) is 59.3 Å². The summed E-state index contributed by atoms with van der Waals surface area (Å²) in [6.45, 7) is 0. The highest BCUT2D eigenvalue weighted by Gasteiger charge is 2.39. The van der Waals surface area contributed by atoms with E-state index in [1.165, 1.54) is 47.2 Å². The molecule has 5 aromatic rings. The number of aromatic nitrogens is 2. The van der Waals surface area contributed by atoms with Crippen molar-refractivity contribution in [1.29, 1.82) is 0 Å². The zero-order valence-electron chi connectivity index (χ0n) is 20.1. The Morgan fingerprint density at radius 1 is 0.525 bits per heavy atom. The van der Waals surface area contributed by atoms with E-state index in [0.717, 1.165) is 9.80 Å². The number of carbonyl (C=O) groups is 4. The first kappa shape index (κ1) is 23.9. The molecule has 2 aliphatic rings. The molecule has 0 unspecified atom stereocenters. The van der Waals surface area contributed by atoms with Crippen LogP contribution >= 0.6 is 22.7 Å². The number of anilines is 2. The fraction of sp³-hybridized carbons (Fsp3) is 0. The number of ether oxygens (including phenoxy) is 2. The van der Waals surface area contributed by atoms with Crippen LogP contribution in [0.2, 0.25) is 0 Å². The summed E-state index contributed by atoms with van der Waals surface area (Å²) in [5, 5.41) is 4.01. The molecule has 2 aliphatic heterocycles. The van der Waals surface area contributed by atoms with Crippen LogP contribution in [0, 0.1) is 0 Å². The smallest absolute Gasteiger partial charge is 0.268 e. The zero-order chi connectivity index (χ0) is 27.4. The Morgan fingerprint density at radius 3 is 1.38 bits per heavy atom. The van der Waals surface area contributed by atoms with Gasteiger partial charge in [-0.1, -0.05) is 6.07 Å². The predicted octanol–water partition coefficient (Wildman–Crippen LogP) is 5.79. The van der Waals surface area contributed by atoms with Crippen LogP contribution in [0.15, 0.2) is 83.8 Å². The summed E-state index contributed by atoms with van der Waals surface area (Å²) in [5.74, 6) is -0.209. The number of rotatable bonds is 6. The third-order valence-corrected chi connectivity index (χ3v) is 7.73. The number of fused-ring (bicyclic) bond motifs is 2. The summed E-state index contributed by atoms with van der Waals surface area (Å²) in [4.78, 5) is 61.6. The van der Waals surface area contributed by atoms with Crippen LogP contribution in [0.4, 0.5) is 10.3 Å². The summed E-state index contributed by atoms with van der Waals surface area (Å²) in [7, 11) is 0. The van der Waals surface area contributed by atoms with Crippen LogP contribution in [0.1, 0.15) is 41.4 Å². The van der Waals surface area contributed by atoms with Gasteiger partial charge < -0.3 is 9.47 Å². The molecular formula is C28H14N4O6S2. The van der Waals surface area contributed by atoms with Crippen molar-refractivity contribution in [2.45, 2.75) is 0 Å². The first-order chi connectivity index (χ1) is 19.5. The van der Waals surface area contributed by atoms with Gasteiger partial charge in [-0.05, 0) is 48.5 Å². The second kappa shape index (κ2) is 9.22. The van der Waals surface area contributed by atoms with Gasteiger partial charge in [0.2, 0.25) is 0 Å². The molecule has 0 saturated heterocycles. The Morgan fingerprint density at radius 2 is 0.950 bits per heavy atom. The van der Waals surface area contributed by atoms with Gasteiger partial charge in [-0.2, -0.15) is 0 Å². The number of hydrogen-bond acceptors (Lipinski definition) is 10. The maximum absolute atomic E-state index is 12.9. The van der Waals surface area contributed by atoms with Gasteiger partial charge in [0.25, 0.3) is 23.6 Å². The molecule has 0 spiro atoms. The molecule has 0 radical (unpaired) electrons. The van der Waals surface area contributed by atoms with Crippen molar-refractivity contribution in [3.8, 4) is 23.0 Å². The van der Waals surface area contributed by atoms with Crippen molar-refractivity contribution in [3.63, 3.8) is 0 Å². The maximum atomic E-state index is 12.9. The Hall–Kier alpha value is -5.20. The Balaban J connectivity index is 1.10. The van der Waals surface area contributed by atoms with Crippen molar-refractivity contribution in [2.24, 2.45) is 0 Å². The number of carbonyl (C=O) groups excluding carboxylic acids is 4. The number of imide groups is 2. The number of benzene rings is 3. The molecule has 10 nitrogen and oxygen atoms in total. The van der Waals surface area contributed by atoms with E-state index in [-0.39, 0.29) is 22.3 Å². The zero-order valence-corrected chi connectivity index (χ0v) is 21.8. The minimum Gasteiger partial charge on any atom is -0.457 e. The van der Waals surface area contributed by atoms with E-state index in [9.17, 15) is 19.2 Å². The molecule has 194 valence electrons. The molecule has 0 atom stereocenters. The molecule has 12 heteroatoms. The van der Waals surface area contributed by atoms with E-state index in [1.807, 2.05) is 0 Å². The van der Waals surface area contributed by atoms with Crippen LogP contribution in [-0.2, 0) is 0 Å². The summed E-state index contributed by atoms with van der Waals surface area (Å²) in [5.41, 5.74) is 1.02. The molecular weight excluding hydrogens is 552 g/mol. The molecule has 0 saturated carbocycles. The Labute approximate surface area is 233 Å². The third kappa shape index (κ3) is 3.85. The lowest BCUT2D eigenvalue weighted by molar-refractivity contribution is 0.0910. The van der Waals surface area contributed by atoms with Gasteiger partial charge in [0.1, 0.15) is 23.0 Å². The predicted molar refractivity (Wildman–Crippen MR) is 146 cm³/mol. The van der Waals surface area contributed by atoms with Crippen molar-refractivity contribution in [2.75, 3.05) is 9.80 Å². The summed E-state index contributed by atoms with van der Waals surface area (Å²) < 4.78 is 11.9. The fourth-order valence-corrected chi connectivity index (χ4v) is 5.71. The van der Waals surface area contributed by atoms with Crippen LogP contribution in [-0.4, -0.2) is 33.6 Å². The van der Waals surface area contributed by atoms with E-state index in [4.69, 9.17) is 9.47 Å². The normalized spacial score (nSPS) is 14.1.